The summed E-state index contributed by atoms with van der Waals surface area (Å²) in [5.41, 5.74) is 0. The lowest BCUT2D eigenvalue weighted by Gasteiger charge is -2.24. The number of pyridine rings is 1. The van der Waals surface area contributed by atoms with Gasteiger partial charge in [-0.25, -0.2) is 4.98 Å². The molecule has 0 N–H and O–H groups in total. The third kappa shape index (κ3) is 5.05. The smallest absolute Gasteiger partial charge is 0.307 e. The number of esters is 1. The highest BCUT2D eigenvalue weighted by atomic mass is 16.5. The predicted molar refractivity (Wildman–Crippen MR) is 76.1 cm³/mol. The van der Waals surface area contributed by atoms with Crippen LogP contribution in [0.2, 0.25) is 0 Å². The molecule has 112 valence electrons. The minimum atomic E-state index is -0.249. The fourth-order valence-electron chi connectivity index (χ4n) is 1.74. The maximum absolute atomic E-state index is 11.3. The van der Waals surface area contributed by atoms with Crippen LogP contribution in [-0.2, 0) is 14.3 Å². The number of hydrogen-bond donors (Lipinski definition) is 0. The van der Waals surface area contributed by atoms with Gasteiger partial charge in [0.25, 0.3) is 0 Å². The Labute approximate surface area is 119 Å². The molecule has 0 spiro atoms. The van der Waals surface area contributed by atoms with Crippen LogP contribution in [0.5, 0.6) is 5.75 Å². The number of carbonyl (C=O) groups excluding carboxylic acids is 1. The number of hydrogen-bond acceptors (Lipinski definition) is 6. The van der Waals surface area contributed by atoms with Gasteiger partial charge in [0.1, 0.15) is 0 Å². The van der Waals surface area contributed by atoms with Crippen molar-refractivity contribution in [1.82, 2.24) is 4.98 Å². The van der Waals surface area contributed by atoms with E-state index in [1.807, 2.05) is 24.0 Å². The molecule has 1 aromatic heterocycles. The van der Waals surface area contributed by atoms with Crippen LogP contribution in [0.4, 0.5) is 5.82 Å². The van der Waals surface area contributed by atoms with E-state index in [1.165, 1.54) is 7.11 Å². The van der Waals surface area contributed by atoms with Crippen molar-refractivity contribution in [3.63, 3.8) is 0 Å². The largest absolute Gasteiger partial charge is 0.490 e. The molecule has 20 heavy (non-hydrogen) atoms. The molecule has 0 radical (unpaired) electrons. The van der Waals surface area contributed by atoms with Gasteiger partial charge in [0.2, 0.25) is 0 Å². The first-order valence-electron chi connectivity index (χ1n) is 6.61. The van der Waals surface area contributed by atoms with Crippen LogP contribution in [0.3, 0.4) is 0 Å². The molecule has 0 saturated carbocycles. The number of carbonyl (C=O) groups is 1. The quantitative estimate of drug-likeness (QED) is 0.640. The van der Waals surface area contributed by atoms with Gasteiger partial charge in [0.15, 0.2) is 11.6 Å². The summed E-state index contributed by atoms with van der Waals surface area (Å²) in [6, 6.07) is 3.69. The van der Waals surface area contributed by atoms with Gasteiger partial charge in [0, 0.05) is 26.4 Å². The van der Waals surface area contributed by atoms with Crippen LogP contribution in [0, 0.1) is 0 Å². The lowest BCUT2D eigenvalue weighted by molar-refractivity contribution is -0.140. The molecule has 0 aromatic carbocycles. The van der Waals surface area contributed by atoms with Crippen LogP contribution in [0.1, 0.15) is 13.3 Å². The molecular formula is C14H22N2O4. The molecule has 0 aliphatic heterocycles. The molecule has 1 aromatic rings. The minimum Gasteiger partial charge on any atom is -0.490 e. The Morgan fingerprint density at radius 1 is 1.35 bits per heavy atom. The zero-order chi connectivity index (χ0) is 14.8. The SMILES string of the molecule is CCOc1cccnc1N(CCOC)CCC(=O)OC. The number of nitrogens with zero attached hydrogens (tertiary/aromatic N) is 2. The van der Waals surface area contributed by atoms with E-state index < -0.39 is 0 Å². The zero-order valence-electron chi connectivity index (χ0n) is 12.3. The van der Waals surface area contributed by atoms with E-state index in [0.29, 0.717) is 38.5 Å². The molecule has 0 atom stereocenters. The zero-order valence-corrected chi connectivity index (χ0v) is 12.3. The van der Waals surface area contributed by atoms with Crippen LogP contribution in [0.15, 0.2) is 18.3 Å². The Kier molecular flexibility index (Phi) is 7.42. The van der Waals surface area contributed by atoms with Crippen molar-refractivity contribution in [1.29, 1.82) is 0 Å². The average molecular weight is 282 g/mol. The summed E-state index contributed by atoms with van der Waals surface area (Å²) >= 11 is 0. The average Bonchev–Trinajstić information content (AvgIpc) is 2.48. The Bertz CT molecular complexity index is 412. The molecule has 0 aliphatic rings. The van der Waals surface area contributed by atoms with Gasteiger partial charge in [0.05, 0.1) is 26.7 Å². The fourth-order valence-corrected chi connectivity index (χ4v) is 1.74. The monoisotopic (exact) mass is 282 g/mol. The first-order valence-corrected chi connectivity index (χ1v) is 6.61. The van der Waals surface area contributed by atoms with Crippen LogP contribution < -0.4 is 9.64 Å². The molecule has 0 saturated heterocycles. The van der Waals surface area contributed by atoms with E-state index in [0.717, 1.165) is 5.82 Å². The van der Waals surface area contributed by atoms with Gasteiger partial charge in [-0.3, -0.25) is 4.79 Å². The summed E-state index contributed by atoms with van der Waals surface area (Å²) in [5.74, 6) is 1.17. The summed E-state index contributed by atoms with van der Waals surface area (Å²) in [7, 11) is 3.02. The number of aromatic nitrogens is 1. The second-order valence-electron chi connectivity index (χ2n) is 4.06. The van der Waals surface area contributed by atoms with E-state index in [9.17, 15) is 4.79 Å². The van der Waals surface area contributed by atoms with Crippen molar-refractivity contribution in [2.75, 3.05) is 45.4 Å². The van der Waals surface area contributed by atoms with Crippen LogP contribution in [0.25, 0.3) is 0 Å². The van der Waals surface area contributed by atoms with Gasteiger partial charge in [-0.2, -0.15) is 0 Å². The van der Waals surface area contributed by atoms with E-state index in [1.54, 1.807) is 13.3 Å². The van der Waals surface area contributed by atoms with Crippen molar-refractivity contribution < 1.29 is 19.0 Å². The summed E-state index contributed by atoms with van der Waals surface area (Å²) < 4.78 is 15.3. The molecule has 1 rings (SSSR count). The lowest BCUT2D eigenvalue weighted by Crippen LogP contribution is -2.31. The third-order valence-corrected chi connectivity index (χ3v) is 2.73. The second kappa shape index (κ2) is 9.14. The predicted octanol–water partition coefficient (Wildman–Crippen LogP) is 1.50. The van der Waals surface area contributed by atoms with Crippen molar-refractivity contribution in [3.8, 4) is 5.75 Å². The van der Waals surface area contributed by atoms with Crippen molar-refractivity contribution >= 4 is 11.8 Å². The summed E-state index contributed by atoms with van der Waals surface area (Å²) in [5, 5.41) is 0. The normalized spacial score (nSPS) is 10.2. The lowest BCUT2D eigenvalue weighted by atomic mass is 10.3. The highest BCUT2D eigenvalue weighted by molar-refractivity contribution is 5.70. The number of methoxy groups -OCH3 is 2. The van der Waals surface area contributed by atoms with Crippen molar-refractivity contribution in [2.24, 2.45) is 0 Å². The first-order chi connectivity index (χ1) is 9.72. The molecule has 0 amide bonds. The Morgan fingerprint density at radius 2 is 2.15 bits per heavy atom. The molecule has 0 fully saturated rings. The van der Waals surface area contributed by atoms with Gasteiger partial charge >= 0.3 is 5.97 Å². The van der Waals surface area contributed by atoms with Crippen LogP contribution >= 0.6 is 0 Å². The highest BCUT2D eigenvalue weighted by Gasteiger charge is 2.15. The molecule has 0 aliphatic carbocycles. The third-order valence-electron chi connectivity index (χ3n) is 2.73. The highest BCUT2D eigenvalue weighted by Crippen LogP contribution is 2.25. The Hall–Kier alpha value is -1.82. The Morgan fingerprint density at radius 3 is 2.80 bits per heavy atom. The number of anilines is 1. The van der Waals surface area contributed by atoms with E-state index >= 15 is 0 Å². The van der Waals surface area contributed by atoms with Gasteiger partial charge in [-0.15, -0.1) is 0 Å². The van der Waals surface area contributed by atoms with E-state index in [-0.39, 0.29) is 5.97 Å². The first kappa shape index (κ1) is 16.2. The van der Waals surface area contributed by atoms with E-state index in [4.69, 9.17) is 9.47 Å². The van der Waals surface area contributed by atoms with Gasteiger partial charge in [-0.05, 0) is 19.1 Å². The standard InChI is InChI=1S/C14H22N2O4/c1-4-20-12-6-5-8-15-14(12)16(10-11-18-2)9-7-13(17)19-3/h5-6,8H,4,7,9-11H2,1-3H3. The topological polar surface area (TPSA) is 60.9 Å². The maximum Gasteiger partial charge on any atom is 0.307 e. The molecule has 1 heterocycles. The summed E-state index contributed by atoms with van der Waals surface area (Å²) in [6.45, 7) is 4.17. The number of rotatable bonds is 9. The van der Waals surface area contributed by atoms with Crippen molar-refractivity contribution in [2.45, 2.75) is 13.3 Å². The van der Waals surface area contributed by atoms with E-state index in [2.05, 4.69) is 9.72 Å². The maximum atomic E-state index is 11.3. The number of ether oxygens (including phenoxy) is 3. The molecule has 6 heteroatoms. The molecule has 6 nitrogen and oxygen atoms in total. The fraction of sp³-hybridized carbons (Fsp3) is 0.571. The molecule has 0 bridgehead atoms. The summed E-state index contributed by atoms with van der Waals surface area (Å²) in [4.78, 5) is 17.6. The van der Waals surface area contributed by atoms with Crippen LogP contribution in [-0.4, -0.2) is 51.5 Å². The minimum absolute atomic E-state index is 0.249. The van der Waals surface area contributed by atoms with Gasteiger partial charge < -0.3 is 19.1 Å². The summed E-state index contributed by atoms with van der Waals surface area (Å²) in [6.07, 6.45) is 2.00. The molecular weight excluding hydrogens is 260 g/mol. The van der Waals surface area contributed by atoms with Crippen molar-refractivity contribution in [3.05, 3.63) is 18.3 Å². The Balaban J connectivity index is 2.82. The molecule has 0 unspecified atom stereocenters. The van der Waals surface area contributed by atoms with Gasteiger partial charge in [-0.1, -0.05) is 0 Å². The second-order valence-corrected chi connectivity index (χ2v) is 4.06.